The molecule has 9 rings (SSSR count). The molecule has 0 bridgehead atoms. The maximum absolute atomic E-state index is 9.28. The van der Waals surface area contributed by atoms with E-state index in [0.29, 0.717) is 22.3 Å². The lowest BCUT2D eigenvalue weighted by molar-refractivity contribution is 0.669. The van der Waals surface area contributed by atoms with Crippen molar-refractivity contribution in [1.82, 2.24) is 0 Å². The van der Waals surface area contributed by atoms with Crippen molar-refractivity contribution in [3.8, 4) is 44.5 Å². The van der Waals surface area contributed by atoms with Gasteiger partial charge in [0, 0.05) is 10.8 Å². The lowest BCUT2D eigenvalue weighted by atomic mass is 9.84. The first kappa shape index (κ1) is 21.7. The second-order valence-corrected chi connectivity index (χ2v) is 11.3. The van der Waals surface area contributed by atoms with Crippen LogP contribution >= 0.6 is 0 Å². The van der Waals surface area contributed by atoms with E-state index in [0.717, 1.165) is 65.7 Å². The van der Waals surface area contributed by atoms with Crippen LogP contribution in [0.1, 0.15) is 5.48 Å². The molecule has 210 valence electrons. The first-order valence-corrected chi connectivity index (χ1v) is 15.1. The molecule has 0 aliphatic carbocycles. The summed E-state index contributed by atoms with van der Waals surface area (Å²) in [5.41, 5.74) is 7.86. The van der Waals surface area contributed by atoms with E-state index < -0.39 is 0 Å². The van der Waals surface area contributed by atoms with Crippen molar-refractivity contribution in [2.24, 2.45) is 0 Å². The van der Waals surface area contributed by atoms with Gasteiger partial charge in [-0.2, -0.15) is 0 Å². The van der Waals surface area contributed by atoms with Gasteiger partial charge in [-0.15, -0.1) is 0 Å². The molecule has 1 aromatic heterocycles. The average molecular weight is 577 g/mol. The van der Waals surface area contributed by atoms with Gasteiger partial charge in [0.05, 0.1) is 5.48 Å². The number of hydrogen-bond donors (Lipinski definition) is 0. The minimum absolute atomic E-state index is 0.0519. The van der Waals surface area contributed by atoms with E-state index in [4.69, 9.17) is 7.16 Å². The Morgan fingerprint density at radius 3 is 1.51 bits per heavy atom. The molecule has 0 atom stereocenters. The maximum Gasteiger partial charge on any atom is 0.136 e. The van der Waals surface area contributed by atoms with Crippen LogP contribution in [0.5, 0.6) is 0 Å². The maximum atomic E-state index is 9.28. The smallest absolute Gasteiger partial charge is 0.136 e. The van der Waals surface area contributed by atoms with E-state index >= 15 is 0 Å². The third-order valence-corrected chi connectivity index (χ3v) is 8.74. The van der Waals surface area contributed by atoms with E-state index in [2.05, 4.69) is 48.5 Å². The summed E-state index contributed by atoms with van der Waals surface area (Å²) in [6.07, 6.45) is 0. The number of rotatable bonds is 4. The van der Waals surface area contributed by atoms with Crippen molar-refractivity contribution in [1.29, 1.82) is 0 Å². The van der Waals surface area contributed by atoms with E-state index in [1.807, 2.05) is 97.1 Å². The van der Waals surface area contributed by atoms with E-state index in [-0.39, 0.29) is 24.2 Å². The largest absolute Gasteiger partial charge is 0.456 e. The highest BCUT2D eigenvalue weighted by atomic mass is 16.3. The zero-order chi connectivity index (χ0) is 33.2. The fraction of sp³-hybridized carbons (Fsp3) is 0. The summed E-state index contributed by atoms with van der Waals surface area (Å²) < 4.78 is 43.2. The molecule has 1 nitrogen and oxygen atoms in total. The zero-order valence-corrected chi connectivity index (χ0v) is 24.3. The van der Waals surface area contributed by atoms with Gasteiger partial charge in [-0.05, 0) is 84.3 Å². The summed E-state index contributed by atoms with van der Waals surface area (Å²) in [4.78, 5) is 0. The number of furan rings is 1. The molecule has 0 saturated carbocycles. The standard InChI is InChI=1S/C44H28O/c1-3-12-29(13-4-1)31-22-24-32(25-23-31)42-34-16-7-9-18-36(34)43(37-19-10-8-17-35(37)42)39-20-11-21-40-44(39)38-27-26-33(28-41(38)45-40)30-14-5-2-6-15-30/h1-28H/i22D,23D,24D,25D. The molecule has 0 aliphatic heterocycles. The summed E-state index contributed by atoms with van der Waals surface area (Å²) in [5, 5.41) is 5.70. The van der Waals surface area contributed by atoms with Crippen molar-refractivity contribution < 1.29 is 9.90 Å². The highest BCUT2D eigenvalue weighted by molar-refractivity contribution is 6.25. The van der Waals surface area contributed by atoms with Crippen molar-refractivity contribution in [3.05, 3.63) is 170 Å². The Labute approximate surface area is 267 Å². The van der Waals surface area contributed by atoms with Crippen LogP contribution in [-0.4, -0.2) is 0 Å². The molecule has 1 heteroatoms. The molecule has 0 amide bonds. The summed E-state index contributed by atoms with van der Waals surface area (Å²) >= 11 is 0. The Kier molecular flexibility index (Phi) is 5.00. The summed E-state index contributed by atoms with van der Waals surface area (Å²) in [6.45, 7) is 0. The summed E-state index contributed by atoms with van der Waals surface area (Å²) in [6, 6.07) is 48.1. The van der Waals surface area contributed by atoms with Gasteiger partial charge in [-0.1, -0.05) is 152 Å². The number of fused-ring (bicyclic) bond motifs is 5. The van der Waals surface area contributed by atoms with Gasteiger partial charge in [0.15, 0.2) is 0 Å². The Bertz CT molecular complexity index is 2660. The monoisotopic (exact) mass is 576 g/mol. The van der Waals surface area contributed by atoms with Crippen molar-refractivity contribution >= 4 is 43.5 Å². The molecule has 45 heavy (non-hydrogen) atoms. The van der Waals surface area contributed by atoms with E-state index in [1.165, 1.54) is 0 Å². The molecule has 0 saturated heterocycles. The molecule has 0 fully saturated rings. The van der Waals surface area contributed by atoms with Crippen molar-refractivity contribution in [3.63, 3.8) is 0 Å². The Morgan fingerprint density at radius 2 is 0.889 bits per heavy atom. The van der Waals surface area contributed by atoms with E-state index in [9.17, 15) is 2.74 Å². The van der Waals surface area contributed by atoms with Crippen LogP contribution < -0.4 is 0 Å². The van der Waals surface area contributed by atoms with Crippen LogP contribution in [0, 0.1) is 0 Å². The van der Waals surface area contributed by atoms with Gasteiger partial charge < -0.3 is 4.42 Å². The highest BCUT2D eigenvalue weighted by Crippen LogP contribution is 2.47. The third-order valence-electron chi connectivity index (χ3n) is 8.74. The Hall–Kier alpha value is -5.92. The molecular formula is C44H28O. The molecule has 0 unspecified atom stereocenters. The Balaban J connectivity index is 1.35. The van der Waals surface area contributed by atoms with Gasteiger partial charge in [0.25, 0.3) is 0 Å². The van der Waals surface area contributed by atoms with Gasteiger partial charge in [-0.3, -0.25) is 0 Å². The van der Waals surface area contributed by atoms with Gasteiger partial charge in [0.1, 0.15) is 11.2 Å². The van der Waals surface area contributed by atoms with Crippen LogP contribution in [0.25, 0.3) is 88.0 Å². The zero-order valence-electron chi connectivity index (χ0n) is 28.3. The molecule has 0 N–H and O–H groups in total. The van der Waals surface area contributed by atoms with Crippen LogP contribution in [0.3, 0.4) is 0 Å². The molecular weight excluding hydrogens is 544 g/mol. The lowest BCUT2D eigenvalue weighted by Gasteiger charge is -2.18. The predicted octanol–water partition coefficient (Wildman–Crippen LogP) is 12.6. The fourth-order valence-electron chi connectivity index (χ4n) is 6.72. The van der Waals surface area contributed by atoms with Crippen LogP contribution in [0.15, 0.2) is 174 Å². The minimum Gasteiger partial charge on any atom is -0.456 e. The fourth-order valence-corrected chi connectivity index (χ4v) is 6.72. The normalized spacial score (nSPS) is 12.8. The number of hydrogen-bond acceptors (Lipinski definition) is 1. The van der Waals surface area contributed by atoms with E-state index in [1.54, 1.807) is 0 Å². The third kappa shape index (κ3) is 4.17. The molecule has 1 heterocycles. The van der Waals surface area contributed by atoms with Gasteiger partial charge >= 0.3 is 0 Å². The molecule has 9 aromatic rings. The second-order valence-electron chi connectivity index (χ2n) is 11.3. The lowest BCUT2D eigenvalue weighted by Crippen LogP contribution is -1.91. The molecule has 0 spiro atoms. The second kappa shape index (κ2) is 10.4. The average Bonchev–Trinajstić information content (AvgIpc) is 3.53. The predicted molar refractivity (Wildman–Crippen MR) is 190 cm³/mol. The van der Waals surface area contributed by atoms with Crippen LogP contribution in [0.4, 0.5) is 0 Å². The van der Waals surface area contributed by atoms with Gasteiger partial charge in [-0.25, -0.2) is 0 Å². The first-order chi connectivity index (χ1) is 24.0. The molecule has 8 aromatic carbocycles. The summed E-state index contributed by atoms with van der Waals surface area (Å²) in [5.74, 6) is 0. The molecule has 0 aliphatic rings. The minimum atomic E-state index is -0.0555. The van der Waals surface area contributed by atoms with Crippen LogP contribution in [0.2, 0.25) is 0 Å². The molecule has 0 radical (unpaired) electrons. The van der Waals surface area contributed by atoms with Crippen LogP contribution in [-0.2, 0) is 0 Å². The van der Waals surface area contributed by atoms with Crippen molar-refractivity contribution in [2.45, 2.75) is 0 Å². The highest BCUT2D eigenvalue weighted by Gasteiger charge is 2.20. The van der Waals surface area contributed by atoms with Gasteiger partial charge in [0.2, 0.25) is 0 Å². The summed E-state index contributed by atoms with van der Waals surface area (Å²) in [7, 11) is 0. The SMILES string of the molecule is [2H]c1c([2H])c(-c2c3ccccc3c(-c3cccc4oc5cc(-c6ccccc6)ccc5c34)c3ccccc23)c([2H])c([2H])c1-c1ccccc1. The Morgan fingerprint density at radius 1 is 0.356 bits per heavy atom. The van der Waals surface area contributed by atoms with Crippen molar-refractivity contribution in [2.75, 3.05) is 0 Å². The number of benzene rings is 8. The first-order valence-electron chi connectivity index (χ1n) is 17.1. The topological polar surface area (TPSA) is 13.1 Å². The quantitative estimate of drug-likeness (QED) is 0.190.